The molecule has 1 N–H and O–H groups in total. The topological polar surface area (TPSA) is 60.4 Å². The van der Waals surface area contributed by atoms with Crippen LogP contribution < -0.4 is 34.7 Å². The largest absolute Gasteiger partial charge is 1.00 e. The van der Waals surface area contributed by atoms with Crippen LogP contribution in [0, 0.1) is 0 Å². The Morgan fingerprint density at radius 1 is 0.846 bits per heavy atom. The number of aliphatic hydroxyl groups excluding tert-OH is 1. The molecule has 0 spiro atoms. The summed E-state index contributed by atoms with van der Waals surface area (Å²) in [6.45, 7) is 3.88. The number of thioether (sulfide) groups is 1. The van der Waals surface area contributed by atoms with Gasteiger partial charge in [-0.05, 0) is 13.3 Å². The van der Waals surface area contributed by atoms with Crippen molar-refractivity contribution in [2.45, 2.75) is 122 Å². The zero-order chi connectivity index (χ0) is 18.8. The average Bonchev–Trinajstić information content (AvgIpc) is 2.59. The number of aliphatic carboxylic acids is 1. The molecule has 0 fully saturated rings. The first-order valence-electron chi connectivity index (χ1n) is 10.6. The van der Waals surface area contributed by atoms with Gasteiger partial charge in [0.1, 0.15) is 0 Å². The van der Waals surface area contributed by atoms with Gasteiger partial charge in [0.25, 0.3) is 0 Å². The number of carbonyl (C=O) groups excluding carboxylic acids is 1. The second-order valence-electron chi connectivity index (χ2n) is 7.33. The second kappa shape index (κ2) is 22.1. The number of unbranched alkanes of at least 4 members (excludes halogenated alkanes) is 13. The van der Waals surface area contributed by atoms with Crippen molar-refractivity contribution in [1.82, 2.24) is 0 Å². The molecule has 0 aromatic carbocycles. The normalized spacial score (nSPS) is 13.2. The summed E-state index contributed by atoms with van der Waals surface area (Å²) in [7, 11) is 0. The standard InChI is InChI=1S/C21H42O3S.Na/c1-3-4-5-6-7-8-9-10-11-12-13-14-15-16-17-20(22)18-25-19(2)21(23)24;/h19-20,22H,3-18H2,1-2H3,(H,23,24);/q;+1/p-1. The summed E-state index contributed by atoms with van der Waals surface area (Å²) < 4.78 is 0. The zero-order valence-corrected chi connectivity index (χ0v) is 20.5. The monoisotopic (exact) mass is 396 g/mol. The molecule has 5 heteroatoms. The summed E-state index contributed by atoms with van der Waals surface area (Å²) in [5.41, 5.74) is 0. The molecule has 0 saturated carbocycles. The van der Waals surface area contributed by atoms with E-state index in [9.17, 15) is 15.0 Å². The number of hydrogen-bond donors (Lipinski definition) is 1. The molecule has 0 aliphatic heterocycles. The van der Waals surface area contributed by atoms with E-state index in [1.165, 1.54) is 95.2 Å². The third kappa shape index (κ3) is 21.1. The minimum absolute atomic E-state index is 0. The van der Waals surface area contributed by atoms with Gasteiger partial charge in [0.05, 0.1) is 12.1 Å². The van der Waals surface area contributed by atoms with Crippen LogP contribution in [0.1, 0.15) is 110 Å². The van der Waals surface area contributed by atoms with Crippen LogP contribution in [0.5, 0.6) is 0 Å². The number of aliphatic hydroxyl groups is 1. The van der Waals surface area contributed by atoms with Gasteiger partial charge in [-0.1, -0.05) is 96.8 Å². The number of carbonyl (C=O) groups is 1. The van der Waals surface area contributed by atoms with Gasteiger partial charge >= 0.3 is 29.6 Å². The Bertz CT molecular complexity index is 303. The second-order valence-corrected chi connectivity index (χ2v) is 8.71. The van der Waals surface area contributed by atoms with Crippen LogP contribution in [0.4, 0.5) is 0 Å². The third-order valence-electron chi connectivity index (χ3n) is 4.76. The molecule has 0 aliphatic carbocycles. The first-order valence-corrected chi connectivity index (χ1v) is 11.6. The van der Waals surface area contributed by atoms with Crippen molar-refractivity contribution < 1.29 is 44.6 Å². The zero-order valence-electron chi connectivity index (χ0n) is 17.6. The van der Waals surface area contributed by atoms with Crippen molar-refractivity contribution in [3.63, 3.8) is 0 Å². The number of carboxylic acids is 1. The molecule has 0 aromatic heterocycles. The fourth-order valence-electron chi connectivity index (χ4n) is 2.98. The van der Waals surface area contributed by atoms with Gasteiger partial charge in [0.2, 0.25) is 0 Å². The molecule has 0 amide bonds. The maximum Gasteiger partial charge on any atom is 1.00 e. The summed E-state index contributed by atoms with van der Waals surface area (Å²) in [4.78, 5) is 10.6. The molecule has 26 heavy (non-hydrogen) atoms. The molecule has 150 valence electrons. The minimum atomic E-state index is -1.05. The van der Waals surface area contributed by atoms with E-state index < -0.39 is 11.2 Å². The predicted octanol–water partition coefficient (Wildman–Crippen LogP) is 2.09. The van der Waals surface area contributed by atoms with Gasteiger partial charge in [-0.25, -0.2) is 0 Å². The molecule has 2 unspecified atom stereocenters. The summed E-state index contributed by atoms with van der Waals surface area (Å²) in [6.07, 6.45) is 19.1. The van der Waals surface area contributed by atoms with Gasteiger partial charge in [-0.15, -0.1) is 0 Å². The Kier molecular flexibility index (Phi) is 24.6. The molecular weight excluding hydrogens is 355 g/mol. The van der Waals surface area contributed by atoms with Crippen molar-refractivity contribution in [3.8, 4) is 0 Å². The predicted molar refractivity (Wildman–Crippen MR) is 108 cm³/mol. The van der Waals surface area contributed by atoms with Crippen LogP contribution in [0.2, 0.25) is 0 Å². The summed E-state index contributed by atoms with van der Waals surface area (Å²) >= 11 is 1.27. The van der Waals surface area contributed by atoms with E-state index in [0.717, 1.165) is 12.8 Å². The first-order chi connectivity index (χ1) is 12.1. The van der Waals surface area contributed by atoms with Gasteiger partial charge in [-0.2, -0.15) is 11.8 Å². The molecule has 0 bridgehead atoms. The van der Waals surface area contributed by atoms with Crippen LogP contribution in [0.25, 0.3) is 0 Å². The van der Waals surface area contributed by atoms with E-state index in [0.29, 0.717) is 5.75 Å². The Morgan fingerprint density at radius 3 is 1.62 bits per heavy atom. The van der Waals surface area contributed by atoms with Crippen molar-refractivity contribution in [2.24, 2.45) is 0 Å². The van der Waals surface area contributed by atoms with Crippen molar-refractivity contribution in [1.29, 1.82) is 0 Å². The van der Waals surface area contributed by atoms with E-state index in [-0.39, 0.29) is 35.7 Å². The number of hydrogen-bond acceptors (Lipinski definition) is 4. The van der Waals surface area contributed by atoms with Crippen molar-refractivity contribution in [3.05, 3.63) is 0 Å². The Morgan fingerprint density at radius 2 is 1.23 bits per heavy atom. The maximum absolute atomic E-state index is 10.6. The van der Waals surface area contributed by atoms with E-state index in [4.69, 9.17) is 0 Å². The third-order valence-corrected chi connectivity index (χ3v) is 6.03. The fraction of sp³-hybridized carbons (Fsp3) is 0.952. The smallest absolute Gasteiger partial charge is 0.549 e. The van der Waals surface area contributed by atoms with E-state index >= 15 is 0 Å². The molecule has 0 rings (SSSR count). The molecule has 0 saturated heterocycles. The molecule has 0 aliphatic rings. The SMILES string of the molecule is CCCCCCCCCCCCCCCCC(O)CSC(C)C(=O)[O-].[Na+]. The first kappa shape index (κ1) is 29.0. The molecule has 2 atom stereocenters. The molecule has 0 heterocycles. The van der Waals surface area contributed by atoms with Gasteiger partial charge in [-0.3, -0.25) is 0 Å². The summed E-state index contributed by atoms with van der Waals surface area (Å²) in [5.74, 6) is -0.554. The van der Waals surface area contributed by atoms with E-state index in [2.05, 4.69) is 6.92 Å². The van der Waals surface area contributed by atoms with Gasteiger partial charge < -0.3 is 15.0 Å². The quantitative estimate of drug-likeness (QED) is 0.268. The van der Waals surface area contributed by atoms with E-state index in [1.807, 2.05) is 0 Å². The number of carboxylic acid groups (broad SMARTS) is 1. The van der Waals surface area contributed by atoms with Gasteiger partial charge in [0, 0.05) is 11.0 Å². The van der Waals surface area contributed by atoms with Crippen LogP contribution >= 0.6 is 11.8 Å². The Hall–Kier alpha value is 0.780. The Balaban J connectivity index is 0. The summed E-state index contributed by atoms with van der Waals surface area (Å²) in [6, 6.07) is 0. The van der Waals surface area contributed by atoms with Crippen molar-refractivity contribution in [2.75, 3.05) is 5.75 Å². The van der Waals surface area contributed by atoms with Crippen LogP contribution in [-0.4, -0.2) is 28.2 Å². The van der Waals surface area contributed by atoms with Gasteiger partial charge in [0.15, 0.2) is 0 Å². The number of rotatable bonds is 19. The Labute approximate surface area is 188 Å². The van der Waals surface area contributed by atoms with Crippen LogP contribution in [0.15, 0.2) is 0 Å². The van der Waals surface area contributed by atoms with Crippen molar-refractivity contribution >= 4 is 17.7 Å². The maximum atomic E-state index is 10.6. The average molecular weight is 397 g/mol. The summed E-state index contributed by atoms with van der Waals surface area (Å²) in [5, 5.41) is 19.9. The van der Waals surface area contributed by atoms with E-state index in [1.54, 1.807) is 6.92 Å². The molecule has 0 aromatic rings. The van der Waals surface area contributed by atoms with Crippen LogP contribution in [-0.2, 0) is 4.79 Å². The molecular formula is C21H41NaO3S. The fourth-order valence-corrected chi connectivity index (χ4v) is 3.79. The minimum Gasteiger partial charge on any atom is -0.549 e. The molecule has 3 nitrogen and oxygen atoms in total. The molecule has 0 radical (unpaired) electrons. The van der Waals surface area contributed by atoms with Crippen LogP contribution in [0.3, 0.4) is 0 Å².